The summed E-state index contributed by atoms with van der Waals surface area (Å²) in [6.45, 7) is 0.667. The van der Waals surface area contributed by atoms with Crippen molar-refractivity contribution in [3.63, 3.8) is 0 Å². The van der Waals surface area contributed by atoms with Crippen molar-refractivity contribution < 1.29 is 9.90 Å². The molecule has 1 heterocycles. The highest BCUT2D eigenvalue weighted by Gasteiger charge is 2.58. The van der Waals surface area contributed by atoms with Crippen LogP contribution in [0.1, 0.15) is 44.1 Å². The van der Waals surface area contributed by atoms with E-state index in [-0.39, 0.29) is 18.4 Å². The van der Waals surface area contributed by atoms with Crippen molar-refractivity contribution in [2.45, 2.75) is 38.5 Å². The fraction of sp³-hybridized carbons (Fsp3) is 0.478. The van der Waals surface area contributed by atoms with Crippen LogP contribution in [0, 0.1) is 17.3 Å². The number of rotatable bonds is 6. The smallest absolute Gasteiger partial charge is 0.229 e. The summed E-state index contributed by atoms with van der Waals surface area (Å²) in [5, 5.41) is 14.1. The molecule has 0 saturated heterocycles. The number of fused-ring (bicyclic) bond motifs is 1. The van der Waals surface area contributed by atoms with Gasteiger partial charge in [0.05, 0.1) is 17.5 Å². The van der Waals surface area contributed by atoms with Crippen molar-refractivity contribution in [2.75, 3.05) is 13.2 Å². The molecule has 1 aromatic carbocycles. The molecule has 2 aromatic rings. The van der Waals surface area contributed by atoms with Gasteiger partial charge in [0.2, 0.25) is 5.91 Å². The van der Waals surface area contributed by atoms with Crippen LogP contribution < -0.4 is 5.32 Å². The minimum atomic E-state index is -0.630. The van der Waals surface area contributed by atoms with Crippen LogP contribution in [0.4, 0.5) is 0 Å². The van der Waals surface area contributed by atoms with Gasteiger partial charge in [-0.1, -0.05) is 49.6 Å². The van der Waals surface area contributed by atoms with Crippen LogP contribution in [-0.4, -0.2) is 29.1 Å². The third-order valence-corrected chi connectivity index (χ3v) is 6.28. The van der Waals surface area contributed by atoms with Crippen molar-refractivity contribution in [1.29, 1.82) is 0 Å². The summed E-state index contributed by atoms with van der Waals surface area (Å²) >= 11 is 0. The number of carbonyl (C=O) groups excluding carboxylic acids is 1. The number of pyridine rings is 1. The fourth-order valence-electron chi connectivity index (χ4n) is 4.31. The van der Waals surface area contributed by atoms with Gasteiger partial charge in [0.25, 0.3) is 0 Å². The lowest BCUT2D eigenvalue weighted by molar-refractivity contribution is -0.128. The zero-order valence-corrected chi connectivity index (χ0v) is 15.7. The van der Waals surface area contributed by atoms with E-state index in [1.54, 1.807) is 0 Å². The second-order valence-electron chi connectivity index (χ2n) is 8.16. The van der Waals surface area contributed by atoms with E-state index in [2.05, 4.69) is 22.4 Å². The SMILES string of the molecule is O=C(NCC1CCCCC1)C1(CO)CC1C=Cc1cnc2ccccc2c1. The summed E-state index contributed by atoms with van der Waals surface area (Å²) in [5.41, 5.74) is 1.37. The van der Waals surface area contributed by atoms with Crippen LogP contribution >= 0.6 is 0 Å². The predicted octanol–water partition coefficient (Wildman–Crippen LogP) is 3.94. The number of amides is 1. The Bertz CT molecular complexity index is 841. The predicted molar refractivity (Wildman–Crippen MR) is 108 cm³/mol. The highest BCUT2D eigenvalue weighted by atomic mass is 16.3. The molecule has 27 heavy (non-hydrogen) atoms. The summed E-state index contributed by atoms with van der Waals surface area (Å²) in [4.78, 5) is 17.2. The lowest BCUT2D eigenvalue weighted by atomic mass is 9.89. The van der Waals surface area contributed by atoms with Gasteiger partial charge in [-0.2, -0.15) is 0 Å². The van der Waals surface area contributed by atoms with Crippen molar-refractivity contribution in [2.24, 2.45) is 17.3 Å². The number of aliphatic hydroxyl groups excluding tert-OH is 1. The Morgan fingerprint density at radius 3 is 2.89 bits per heavy atom. The minimum Gasteiger partial charge on any atom is -0.395 e. The Labute approximate surface area is 160 Å². The van der Waals surface area contributed by atoms with Gasteiger partial charge in [-0.15, -0.1) is 0 Å². The molecular weight excluding hydrogens is 336 g/mol. The Morgan fingerprint density at radius 2 is 2.07 bits per heavy atom. The number of benzene rings is 1. The highest BCUT2D eigenvalue weighted by Crippen LogP contribution is 2.53. The molecule has 142 valence electrons. The van der Waals surface area contributed by atoms with Crippen LogP contribution in [0.3, 0.4) is 0 Å². The van der Waals surface area contributed by atoms with E-state index in [9.17, 15) is 9.90 Å². The molecule has 2 N–H and O–H groups in total. The summed E-state index contributed by atoms with van der Waals surface area (Å²) in [7, 11) is 0. The van der Waals surface area contributed by atoms with E-state index in [0.29, 0.717) is 5.92 Å². The zero-order valence-electron chi connectivity index (χ0n) is 15.7. The number of aliphatic hydroxyl groups is 1. The van der Waals surface area contributed by atoms with E-state index < -0.39 is 5.41 Å². The average Bonchev–Trinajstić information content (AvgIpc) is 3.46. The Hall–Kier alpha value is -2.20. The molecular formula is C23H28N2O2. The number of nitrogens with one attached hydrogen (secondary N) is 1. The summed E-state index contributed by atoms with van der Waals surface area (Å²) < 4.78 is 0. The quantitative estimate of drug-likeness (QED) is 0.816. The van der Waals surface area contributed by atoms with E-state index in [1.807, 2.05) is 36.5 Å². The first-order valence-corrected chi connectivity index (χ1v) is 10.1. The molecule has 4 rings (SSSR count). The Kier molecular flexibility index (Phi) is 5.26. The van der Waals surface area contributed by atoms with Gasteiger partial charge in [-0.3, -0.25) is 9.78 Å². The molecule has 2 aliphatic carbocycles. The second-order valence-corrected chi connectivity index (χ2v) is 8.16. The molecule has 0 aliphatic heterocycles. The molecule has 2 aliphatic rings. The van der Waals surface area contributed by atoms with E-state index >= 15 is 0 Å². The number of allylic oxidation sites excluding steroid dienone is 1. The van der Waals surface area contributed by atoms with E-state index in [1.165, 1.54) is 32.1 Å². The molecule has 2 saturated carbocycles. The first kappa shape index (κ1) is 18.2. The van der Waals surface area contributed by atoms with Gasteiger partial charge in [-0.05, 0) is 48.8 Å². The number of hydrogen-bond donors (Lipinski definition) is 2. The fourth-order valence-corrected chi connectivity index (χ4v) is 4.31. The summed E-state index contributed by atoms with van der Waals surface area (Å²) in [5.74, 6) is 0.719. The molecule has 0 bridgehead atoms. The third kappa shape index (κ3) is 3.91. The molecule has 2 atom stereocenters. The highest BCUT2D eigenvalue weighted by molar-refractivity contribution is 5.87. The van der Waals surface area contributed by atoms with Gasteiger partial charge < -0.3 is 10.4 Å². The van der Waals surface area contributed by atoms with Gasteiger partial charge in [0.1, 0.15) is 0 Å². The van der Waals surface area contributed by atoms with Crippen molar-refractivity contribution in [3.05, 3.63) is 48.2 Å². The number of carbonyl (C=O) groups is 1. The third-order valence-electron chi connectivity index (χ3n) is 6.28. The second kappa shape index (κ2) is 7.81. The van der Waals surface area contributed by atoms with Crippen LogP contribution in [0.5, 0.6) is 0 Å². The van der Waals surface area contributed by atoms with Crippen LogP contribution in [0.25, 0.3) is 17.0 Å². The molecule has 1 amide bonds. The Morgan fingerprint density at radius 1 is 1.26 bits per heavy atom. The largest absolute Gasteiger partial charge is 0.395 e. The van der Waals surface area contributed by atoms with Gasteiger partial charge in [-0.25, -0.2) is 0 Å². The number of nitrogens with zero attached hydrogens (tertiary/aromatic N) is 1. The van der Waals surface area contributed by atoms with Gasteiger partial charge in [0, 0.05) is 18.1 Å². The topological polar surface area (TPSA) is 62.2 Å². The summed E-state index contributed by atoms with van der Waals surface area (Å²) in [6, 6.07) is 10.1. The molecule has 2 unspecified atom stereocenters. The van der Waals surface area contributed by atoms with Gasteiger partial charge in [0.15, 0.2) is 0 Å². The lowest BCUT2D eigenvalue weighted by Crippen LogP contribution is -2.38. The normalized spacial score (nSPS) is 25.7. The molecule has 4 nitrogen and oxygen atoms in total. The summed E-state index contributed by atoms with van der Waals surface area (Å²) in [6.07, 6.45) is 12.9. The first-order chi connectivity index (χ1) is 13.2. The molecule has 0 spiro atoms. The molecule has 1 aromatic heterocycles. The zero-order chi connectivity index (χ0) is 18.7. The maximum Gasteiger partial charge on any atom is 0.229 e. The maximum absolute atomic E-state index is 12.7. The molecule has 0 radical (unpaired) electrons. The lowest BCUT2D eigenvalue weighted by Gasteiger charge is -2.23. The van der Waals surface area contributed by atoms with Crippen molar-refractivity contribution in [1.82, 2.24) is 10.3 Å². The average molecular weight is 364 g/mol. The van der Waals surface area contributed by atoms with Crippen LogP contribution in [0.15, 0.2) is 42.6 Å². The van der Waals surface area contributed by atoms with Crippen molar-refractivity contribution in [3.8, 4) is 0 Å². The number of hydrogen-bond acceptors (Lipinski definition) is 3. The number of para-hydroxylation sites is 1. The van der Waals surface area contributed by atoms with Crippen LogP contribution in [0.2, 0.25) is 0 Å². The minimum absolute atomic E-state index is 0.0156. The van der Waals surface area contributed by atoms with E-state index in [4.69, 9.17) is 0 Å². The van der Waals surface area contributed by atoms with Crippen LogP contribution in [-0.2, 0) is 4.79 Å². The number of aromatic nitrogens is 1. The molecule has 2 fully saturated rings. The standard InChI is InChI=1S/C23H28N2O2/c26-16-23(22(27)25-14-17-6-2-1-3-7-17)13-20(23)11-10-18-12-19-8-4-5-9-21(19)24-15-18/h4-5,8-12,15,17,20,26H,1-3,6-7,13-14,16H2,(H,25,27). The Balaban J connectivity index is 1.37. The molecule has 4 heteroatoms. The maximum atomic E-state index is 12.7. The monoisotopic (exact) mass is 364 g/mol. The van der Waals surface area contributed by atoms with Crippen molar-refractivity contribution >= 4 is 22.9 Å². The first-order valence-electron chi connectivity index (χ1n) is 10.1. The van der Waals surface area contributed by atoms with Gasteiger partial charge >= 0.3 is 0 Å². The van der Waals surface area contributed by atoms with E-state index in [0.717, 1.165) is 29.4 Å².